The number of rotatable bonds is 4. The Kier molecular flexibility index (Phi) is 4.84. The molecule has 0 aliphatic carbocycles. The first kappa shape index (κ1) is 15.4. The molecule has 0 amide bonds. The maximum Gasteiger partial charge on any atom is 0.129 e. The highest BCUT2D eigenvalue weighted by Crippen LogP contribution is 2.17. The number of likely N-dealkylation sites (tertiary alicyclic amines) is 1. The van der Waals surface area contributed by atoms with E-state index in [-0.39, 0.29) is 0 Å². The van der Waals surface area contributed by atoms with Crippen molar-refractivity contribution < 1.29 is 0 Å². The number of anilines is 1. The number of nitrogens with one attached hydrogen (secondary N) is 1. The van der Waals surface area contributed by atoms with Crippen LogP contribution < -0.4 is 5.32 Å². The summed E-state index contributed by atoms with van der Waals surface area (Å²) >= 11 is 0. The highest BCUT2D eigenvalue weighted by molar-refractivity contribution is 5.36. The molecule has 1 aliphatic rings. The molecule has 0 radical (unpaired) electrons. The molecule has 118 valence electrons. The summed E-state index contributed by atoms with van der Waals surface area (Å²) in [7, 11) is 0. The summed E-state index contributed by atoms with van der Waals surface area (Å²) in [5.41, 5.74) is 2.93. The highest BCUT2D eigenvalue weighted by Gasteiger charge is 2.19. The third-order valence-corrected chi connectivity index (χ3v) is 4.21. The molecule has 0 spiro atoms. The molecule has 0 bridgehead atoms. The van der Waals surface area contributed by atoms with Crippen LogP contribution in [0.1, 0.15) is 29.7 Å². The predicted octanol–water partition coefficient (Wildman–Crippen LogP) is 2.73. The van der Waals surface area contributed by atoms with Crippen LogP contribution in [0.2, 0.25) is 0 Å². The molecule has 1 aliphatic heterocycles. The molecule has 3 rings (SSSR count). The summed E-state index contributed by atoms with van der Waals surface area (Å²) in [5.74, 6) is 0.915. The Morgan fingerprint density at radius 3 is 2.83 bits per heavy atom. The molecule has 0 atom stereocenters. The zero-order chi connectivity index (χ0) is 16.1. The Bertz CT molecular complexity index is 699. The maximum atomic E-state index is 8.98. The number of benzene rings is 1. The van der Waals surface area contributed by atoms with E-state index in [2.05, 4.69) is 32.3 Å². The van der Waals surface area contributed by atoms with E-state index < -0.39 is 0 Å². The minimum atomic E-state index is 0.464. The zero-order valence-electron chi connectivity index (χ0n) is 13.4. The van der Waals surface area contributed by atoms with E-state index in [9.17, 15) is 0 Å². The van der Waals surface area contributed by atoms with E-state index in [1.165, 1.54) is 5.56 Å². The topological polar surface area (TPSA) is 64.8 Å². The fraction of sp³-hybridized carbons (Fsp3) is 0.389. The number of piperidine rings is 1. The number of hydrogen-bond donors (Lipinski definition) is 1. The second-order valence-electron chi connectivity index (χ2n) is 6.05. The minimum absolute atomic E-state index is 0.464. The van der Waals surface area contributed by atoms with Crippen molar-refractivity contribution in [2.75, 3.05) is 18.4 Å². The number of aryl methyl sites for hydroxylation is 1. The van der Waals surface area contributed by atoms with Gasteiger partial charge in [0.1, 0.15) is 12.1 Å². The zero-order valence-corrected chi connectivity index (χ0v) is 13.4. The van der Waals surface area contributed by atoms with Crippen molar-refractivity contribution in [1.29, 1.82) is 5.26 Å². The monoisotopic (exact) mass is 307 g/mol. The van der Waals surface area contributed by atoms with Crippen LogP contribution in [-0.2, 0) is 6.54 Å². The molecule has 1 aromatic heterocycles. The van der Waals surface area contributed by atoms with Gasteiger partial charge in [0.05, 0.1) is 11.6 Å². The first-order valence-electron chi connectivity index (χ1n) is 7.99. The molecular weight excluding hydrogens is 286 g/mol. The first-order valence-corrected chi connectivity index (χ1v) is 7.99. The van der Waals surface area contributed by atoms with Crippen LogP contribution in [0.3, 0.4) is 0 Å². The van der Waals surface area contributed by atoms with Gasteiger partial charge in [-0.25, -0.2) is 9.97 Å². The molecule has 1 aromatic carbocycles. The third-order valence-electron chi connectivity index (χ3n) is 4.21. The molecule has 2 heterocycles. The fourth-order valence-corrected chi connectivity index (χ4v) is 2.98. The smallest absolute Gasteiger partial charge is 0.129 e. The minimum Gasteiger partial charge on any atom is -0.367 e. The lowest BCUT2D eigenvalue weighted by Gasteiger charge is -2.32. The summed E-state index contributed by atoms with van der Waals surface area (Å²) in [6.45, 7) is 5.00. The van der Waals surface area contributed by atoms with Crippen LogP contribution in [0.5, 0.6) is 0 Å². The van der Waals surface area contributed by atoms with Gasteiger partial charge in [0.25, 0.3) is 0 Å². The molecule has 2 aromatic rings. The third kappa shape index (κ3) is 4.27. The van der Waals surface area contributed by atoms with E-state index in [4.69, 9.17) is 5.26 Å². The van der Waals surface area contributed by atoms with Crippen LogP contribution in [-0.4, -0.2) is 34.0 Å². The van der Waals surface area contributed by atoms with Gasteiger partial charge >= 0.3 is 0 Å². The van der Waals surface area contributed by atoms with Crippen LogP contribution in [0.15, 0.2) is 36.7 Å². The number of nitriles is 1. The average molecular weight is 307 g/mol. The van der Waals surface area contributed by atoms with Crippen molar-refractivity contribution in [2.24, 2.45) is 0 Å². The van der Waals surface area contributed by atoms with Gasteiger partial charge in [0.15, 0.2) is 0 Å². The summed E-state index contributed by atoms with van der Waals surface area (Å²) in [4.78, 5) is 10.8. The Morgan fingerprint density at radius 1 is 1.26 bits per heavy atom. The summed E-state index contributed by atoms with van der Waals surface area (Å²) in [6, 6.07) is 12.5. The van der Waals surface area contributed by atoms with Gasteiger partial charge in [0, 0.05) is 37.4 Å². The molecule has 23 heavy (non-hydrogen) atoms. The quantitative estimate of drug-likeness (QED) is 0.941. The standard InChI is InChI=1S/C18H21N5/c1-14-9-18(21-13-20-14)22-17-5-7-23(8-6-17)12-16-4-2-3-15(10-16)11-19/h2-4,9-10,13,17H,5-8,12H2,1H3,(H,20,21,22). The van der Waals surface area contributed by atoms with Crippen molar-refractivity contribution in [1.82, 2.24) is 14.9 Å². The molecule has 5 nitrogen and oxygen atoms in total. The molecular formula is C18H21N5. The normalized spacial score (nSPS) is 16.0. The molecule has 1 N–H and O–H groups in total. The van der Waals surface area contributed by atoms with Gasteiger partial charge in [-0.15, -0.1) is 0 Å². The average Bonchev–Trinajstić information content (AvgIpc) is 2.57. The van der Waals surface area contributed by atoms with Crippen LogP contribution in [0.25, 0.3) is 0 Å². The van der Waals surface area contributed by atoms with Crippen LogP contribution in [0, 0.1) is 18.3 Å². The Labute approximate surface area is 137 Å². The highest BCUT2D eigenvalue weighted by atomic mass is 15.1. The van der Waals surface area contributed by atoms with Gasteiger partial charge in [-0.1, -0.05) is 12.1 Å². The Balaban J connectivity index is 1.51. The van der Waals surface area contributed by atoms with Gasteiger partial charge < -0.3 is 5.32 Å². The van der Waals surface area contributed by atoms with Crippen molar-refractivity contribution in [3.8, 4) is 6.07 Å². The van der Waals surface area contributed by atoms with Crippen molar-refractivity contribution in [2.45, 2.75) is 32.4 Å². The maximum absolute atomic E-state index is 8.98. The summed E-state index contributed by atoms with van der Waals surface area (Å²) in [5, 5.41) is 12.5. The molecule has 0 saturated carbocycles. The van der Waals surface area contributed by atoms with Gasteiger partial charge in [-0.05, 0) is 37.5 Å². The molecule has 1 saturated heterocycles. The Morgan fingerprint density at radius 2 is 2.09 bits per heavy atom. The van der Waals surface area contributed by atoms with E-state index in [1.54, 1.807) is 6.33 Å². The van der Waals surface area contributed by atoms with Crippen LogP contribution >= 0.6 is 0 Å². The largest absolute Gasteiger partial charge is 0.367 e. The second-order valence-corrected chi connectivity index (χ2v) is 6.05. The molecule has 5 heteroatoms. The van der Waals surface area contributed by atoms with E-state index in [1.807, 2.05) is 31.2 Å². The lowest BCUT2D eigenvalue weighted by atomic mass is 10.0. The van der Waals surface area contributed by atoms with Crippen molar-refractivity contribution in [3.05, 3.63) is 53.5 Å². The summed E-state index contributed by atoms with van der Waals surface area (Å²) in [6.07, 6.45) is 3.80. The van der Waals surface area contributed by atoms with Crippen molar-refractivity contribution in [3.63, 3.8) is 0 Å². The van der Waals surface area contributed by atoms with Crippen LogP contribution in [0.4, 0.5) is 5.82 Å². The van der Waals surface area contributed by atoms with E-state index >= 15 is 0 Å². The second kappa shape index (κ2) is 7.21. The SMILES string of the molecule is Cc1cc(NC2CCN(Cc3cccc(C#N)c3)CC2)ncn1. The Hall–Kier alpha value is -2.45. The number of nitrogens with zero attached hydrogens (tertiary/aromatic N) is 4. The molecule has 0 unspecified atom stereocenters. The van der Waals surface area contributed by atoms with E-state index in [0.29, 0.717) is 6.04 Å². The molecule has 1 fully saturated rings. The summed E-state index contributed by atoms with van der Waals surface area (Å²) < 4.78 is 0. The first-order chi connectivity index (χ1) is 11.2. The van der Waals surface area contributed by atoms with Crippen molar-refractivity contribution >= 4 is 5.82 Å². The van der Waals surface area contributed by atoms with Gasteiger partial charge in [0.2, 0.25) is 0 Å². The lowest BCUT2D eigenvalue weighted by Crippen LogP contribution is -2.38. The predicted molar refractivity (Wildman–Crippen MR) is 89.8 cm³/mol. The van der Waals surface area contributed by atoms with E-state index in [0.717, 1.165) is 49.6 Å². The number of aromatic nitrogens is 2. The lowest BCUT2D eigenvalue weighted by molar-refractivity contribution is 0.211. The number of hydrogen-bond acceptors (Lipinski definition) is 5. The van der Waals surface area contributed by atoms with Gasteiger partial charge in [-0.2, -0.15) is 5.26 Å². The van der Waals surface area contributed by atoms with Gasteiger partial charge in [-0.3, -0.25) is 4.90 Å². The fourth-order valence-electron chi connectivity index (χ4n) is 2.98.